The van der Waals surface area contributed by atoms with E-state index in [2.05, 4.69) is 39.9 Å². The van der Waals surface area contributed by atoms with Gasteiger partial charge in [-0.15, -0.1) is 0 Å². The molecule has 112 valence electrons. The summed E-state index contributed by atoms with van der Waals surface area (Å²) in [6.45, 7) is 11.8. The summed E-state index contributed by atoms with van der Waals surface area (Å²) in [5.41, 5.74) is 0.478. The maximum absolute atomic E-state index is 6.06. The van der Waals surface area contributed by atoms with Crippen molar-refractivity contribution in [2.75, 3.05) is 0 Å². The Morgan fingerprint density at radius 1 is 1.05 bits per heavy atom. The van der Waals surface area contributed by atoms with Gasteiger partial charge >= 0.3 is 0 Å². The average Bonchev–Trinajstić information content (AvgIpc) is 2.32. The van der Waals surface area contributed by atoms with Crippen LogP contribution in [0.1, 0.15) is 72.1 Å². The van der Waals surface area contributed by atoms with Crippen molar-refractivity contribution in [3.8, 4) is 0 Å². The van der Waals surface area contributed by atoms with Crippen molar-refractivity contribution >= 4 is 9.04 Å². The smallest absolute Gasteiger partial charge is 0.229 e. The van der Waals surface area contributed by atoms with E-state index in [0.29, 0.717) is 5.41 Å². The van der Waals surface area contributed by atoms with Crippen molar-refractivity contribution in [3.63, 3.8) is 0 Å². The molecule has 0 heterocycles. The quantitative estimate of drug-likeness (QED) is 0.593. The average molecular weight is 283 g/mol. The zero-order valence-corrected chi connectivity index (χ0v) is 15.0. The number of hydrogen-bond donors (Lipinski definition) is 0. The van der Waals surface area contributed by atoms with Crippen LogP contribution in [0.25, 0.3) is 0 Å². The minimum absolute atomic E-state index is 0.478. The van der Waals surface area contributed by atoms with Crippen molar-refractivity contribution in [2.24, 2.45) is 11.3 Å². The molecule has 0 N–H and O–H groups in total. The lowest BCUT2D eigenvalue weighted by atomic mass is 9.75. The molecular weight excluding hydrogens is 248 g/mol. The maximum atomic E-state index is 6.06. The molecule has 0 aromatic carbocycles. The first kappa shape index (κ1) is 16.8. The number of allylic oxidation sites excluding steroid dienone is 2. The first-order valence-corrected chi connectivity index (χ1v) is 11.0. The zero-order chi connectivity index (χ0) is 14.3. The van der Waals surface area contributed by atoms with Gasteiger partial charge in [-0.05, 0) is 62.6 Å². The lowest BCUT2D eigenvalue weighted by molar-refractivity contribution is 0.202. The molecule has 1 aliphatic carbocycles. The van der Waals surface area contributed by atoms with Gasteiger partial charge in [0.2, 0.25) is 9.04 Å². The van der Waals surface area contributed by atoms with Crippen molar-refractivity contribution in [1.82, 2.24) is 0 Å². The van der Waals surface area contributed by atoms with Crippen molar-refractivity contribution < 1.29 is 4.43 Å². The summed E-state index contributed by atoms with van der Waals surface area (Å²) in [6, 6.07) is 0. The molecule has 1 aliphatic rings. The minimum Gasteiger partial charge on any atom is -0.550 e. The maximum Gasteiger partial charge on any atom is 0.229 e. The van der Waals surface area contributed by atoms with Crippen LogP contribution in [0.3, 0.4) is 0 Å². The van der Waals surface area contributed by atoms with E-state index in [4.69, 9.17) is 4.43 Å². The van der Waals surface area contributed by atoms with Gasteiger partial charge in [-0.3, -0.25) is 0 Å². The van der Waals surface area contributed by atoms with Gasteiger partial charge in [0, 0.05) is 6.42 Å². The van der Waals surface area contributed by atoms with Crippen LogP contribution in [-0.2, 0) is 4.43 Å². The van der Waals surface area contributed by atoms with Crippen LogP contribution in [0.15, 0.2) is 11.8 Å². The van der Waals surface area contributed by atoms with Crippen LogP contribution >= 0.6 is 0 Å². The Morgan fingerprint density at radius 3 is 2.26 bits per heavy atom. The van der Waals surface area contributed by atoms with Gasteiger partial charge in [0.1, 0.15) is 0 Å². The predicted octanol–water partition coefficient (Wildman–Crippen LogP) is 5.67. The lowest BCUT2D eigenvalue weighted by Gasteiger charge is -2.31. The van der Waals surface area contributed by atoms with Crippen molar-refractivity contribution in [2.45, 2.75) is 85.2 Å². The second-order valence-corrected chi connectivity index (χ2v) is 9.76. The Balaban J connectivity index is 2.52. The van der Waals surface area contributed by atoms with E-state index in [-0.39, 0.29) is 0 Å². The molecule has 1 unspecified atom stereocenters. The predicted molar refractivity (Wildman–Crippen MR) is 87.9 cm³/mol. The van der Waals surface area contributed by atoms with Crippen molar-refractivity contribution in [1.29, 1.82) is 0 Å². The molecule has 0 aromatic rings. The van der Waals surface area contributed by atoms with Gasteiger partial charge in [0.05, 0.1) is 5.76 Å². The highest BCUT2D eigenvalue weighted by atomic mass is 28.3. The molecule has 1 nitrogen and oxygen atoms in total. The van der Waals surface area contributed by atoms with Gasteiger partial charge in [-0.2, -0.15) is 0 Å². The standard InChI is InChI=1S/C17H34OSi/c1-17(2,3)15-11-7-6-8-13-16(18-19(4)5)14-10-9-12-15/h13,15,19H,6-12,14H2,1-5H3. The normalized spacial score (nSPS) is 23.7. The largest absolute Gasteiger partial charge is 0.550 e. The van der Waals surface area contributed by atoms with Gasteiger partial charge < -0.3 is 4.43 Å². The SMILES string of the molecule is C[SiH](C)OC1=CCCCCC(C(C)(C)C)CCCC1. The van der Waals surface area contributed by atoms with Crippen LogP contribution in [0, 0.1) is 11.3 Å². The molecule has 0 radical (unpaired) electrons. The summed E-state index contributed by atoms with van der Waals surface area (Å²) in [5.74, 6) is 2.20. The summed E-state index contributed by atoms with van der Waals surface area (Å²) < 4.78 is 6.06. The molecule has 0 saturated carbocycles. The Labute approximate surface area is 122 Å². The summed E-state index contributed by atoms with van der Waals surface area (Å²) in [5, 5.41) is 0. The van der Waals surface area contributed by atoms with Gasteiger partial charge in [-0.1, -0.05) is 33.6 Å². The second kappa shape index (κ2) is 8.14. The molecule has 0 fully saturated rings. The number of hydrogen-bond acceptors (Lipinski definition) is 1. The van der Waals surface area contributed by atoms with Crippen LogP contribution in [0.4, 0.5) is 0 Å². The Kier molecular flexibility index (Phi) is 7.20. The van der Waals surface area contributed by atoms with E-state index in [0.717, 1.165) is 5.92 Å². The highest BCUT2D eigenvalue weighted by molar-refractivity contribution is 6.48. The Bertz CT molecular complexity index is 275. The summed E-state index contributed by atoms with van der Waals surface area (Å²) in [7, 11) is -0.924. The Hall–Kier alpha value is -0.243. The van der Waals surface area contributed by atoms with Gasteiger partial charge in [0.25, 0.3) is 0 Å². The fourth-order valence-corrected chi connectivity index (χ4v) is 3.83. The van der Waals surface area contributed by atoms with E-state index in [9.17, 15) is 0 Å². The van der Waals surface area contributed by atoms with Crippen molar-refractivity contribution in [3.05, 3.63) is 11.8 Å². The molecule has 0 aromatic heterocycles. The summed E-state index contributed by atoms with van der Waals surface area (Å²) in [4.78, 5) is 0. The van der Waals surface area contributed by atoms with E-state index in [1.807, 2.05) is 0 Å². The highest BCUT2D eigenvalue weighted by Gasteiger charge is 2.23. The van der Waals surface area contributed by atoms with Crippen LogP contribution in [-0.4, -0.2) is 9.04 Å². The zero-order valence-electron chi connectivity index (χ0n) is 13.8. The molecule has 0 bridgehead atoms. The summed E-state index contributed by atoms with van der Waals surface area (Å²) >= 11 is 0. The molecule has 0 aliphatic heterocycles. The molecule has 0 saturated heterocycles. The second-order valence-electron chi connectivity index (χ2n) is 7.43. The molecule has 1 rings (SSSR count). The first-order chi connectivity index (χ1) is 8.89. The van der Waals surface area contributed by atoms with E-state index >= 15 is 0 Å². The van der Waals surface area contributed by atoms with Crippen LogP contribution in [0.2, 0.25) is 13.1 Å². The first-order valence-electron chi connectivity index (χ1n) is 8.25. The molecule has 19 heavy (non-hydrogen) atoms. The van der Waals surface area contributed by atoms with Crippen LogP contribution in [0.5, 0.6) is 0 Å². The third-order valence-electron chi connectivity index (χ3n) is 4.22. The minimum atomic E-state index is -0.924. The fraction of sp³-hybridized carbons (Fsp3) is 0.882. The van der Waals surface area contributed by atoms with Gasteiger partial charge in [0.15, 0.2) is 0 Å². The molecule has 1 atom stereocenters. The van der Waals surface area contributed by atoms with Gasteiger partial charge in [-0.25, -0.2) is 0 Å². The van der Waals surface area contributed by atoms with E-state index in [1.165, 1.54) is 57.1 Å². The highest BCUT2D eigenvalue weighted by Crippen LogP contribution is 2.35. The lowest BCUT2D eigenvalue weighted by Crippen LogP contribution is -2.20. The fourth-order valence-electron chi connectivity index (χ4n) is 3.01. The summed E-state index contributed by atoms with van der Waals surface area (Å²) in [6.07, 6.45) is 13.0. The molecular formula is C17H34OSi. The topological polar surface area (TPSA) is 9.23 Å². The molecule has 2 heteroatoms. The Morgan fingerprint density at radius 2 is 1.68 bits per heavy atom. The van der Waals surface area contributed by atoms with E-state index in [1.54, 1.807) is 0 Å². The third-order valence-corrected chi connectivity index (χ3v) is 4.99. The number of rotatable bonds is 2. The van der Waals surface area contributed by atoms with Crippen LogP contribution < -0.4 is 0 Å². The molecule has 0 spiro atoms. The third kappa shape index (κ3) is 7.19. The van der Waals surface area contributed by atoms with E-state index < -0.39 is 9.04 Å². The molecule has 0 amide bonds. The monoisotopic (exact) mass is 282 g/mol.